The number of thioether (sulfide) groups is 1. The molecule has 3 nitrogen and oxygen atoms in total. The average molecular weight is 344 g/mol. The number of likely N-dealkylation sites (N-methyl/N-ethyl adjacent to an activating group) is 1. The highest BCUT2D eigenvalue weighted by molar-refractivity contribution is 8.01. The van der Waals surface area contributed by atoms with Gasteiger partial charge in [-0.15, -0.1) is 11.8 Å². The van der Waals surface area contributed by atoms with E-state index in [9.17, 15) is 13.6 Å². The summed E-state index contributed by atoms with van der Waals surface area (Å²) in [4.78, 5) is 16.2. The third-order valence-corrected chi connectivity index (χ3v) is 4.41. The summed E-state index contributed by atoms with van der Waals surface area (Å²) in [5, 5.41) is 0. The number of carbonyl (C=O) groups excluding carboxylic acids is 1. The first-order valence-electron chi connectivity index (χ1n) is 7.59. The SMILES string of the molecule is CN(C)CCN(Cc1ccc(F)c(F)c1)C(=O)CSC(C)(C)C. The van der Waals surface area contributed by atoms with E-state index in [0.29, 0.717) is 17.9 Å². The number of rotatable bonds is 7. The van der Waals surface area contributed by atoms with Gasteiger partial charge >= 0.3 is 0 Å². The lowest BCUT2D eigenvalue weighted by Crippen LogP contribution is -2.37. The van der Waals surface area contributed by atoms with E-state index in [-0.39, 0.29) is 17.2 Å². The van der Waals surface area contributed by atoms with Crippen molar-refractivity contribution >= 4 is 17.7 Å². The van der Waals surface area contributed by atoms with E-state index in [1.54, 1.807) is 16.7 Å². The van der Waals surface area contributed by atoms with Gasteiger partial charge in [0.25, 0.3) is 0 Å². The molecule has 0 fully saturated rings. The van der Waals surface area contributed by atoms with Crippen LogP contribution in [0, 0.1) is 11.6 Å². The molecule has 1 rings (SSSR count). The molecule has 0 aliphatic heterocycles. The number of benzene rings is 1. The zero-order valence-electron chi connectivity index (χ0n) is 14.5. The Labute approximate surface area is 142 Å². The average Bonchev–Trinajstić information content (AvgIpc) is 2.43. The minimum atomic E-state index is -0.883. The maximum Gasteiger partial charge on any atom is 0.232 e. The van der Waals surface area contributed by atoms with Crippen molar-refractivity contribution in [1.82, 2.24) is 9.80 Å². The number of hydrogen-bond donors (Lipinski definition) is 0. The Kier molecular flexibility index (Phi) is 7.48. The first-order valence-corrected chi connectivity index (χ1v) is 8.57. The van der Waals surface area contributed by atoms with E-state index >= 15 is 0 Å². The molecule has 0 unspecified atom stereocenters. The van der Waals surface area contributed by atoms with Crippen molar-refractivity contribution in [2.75, 3.05) is 32.9 Å². The second-order valence-electron chi connectivity index (χ2n) is 6.77. The third-order valence-electron chi connectivity index (χ3n) is 3.16. The highest BCUT2D eigenvalue weighted by Crippen LogP contribution is 2.23. The molecule has 23 heavy (non-hydrogen) atoms. The first-order chi connectivity index (χ1) is 10.6. The molecule has 0 aliphatic carbocycles. The monoisotopic (exact) mass is 344 g/mol. The fraction of sp³-hybridized carbons (Fsp3) is 0.588. The molecule has 1 aromatic rings. The summed E-state index contributed by atoms with van der Waals surface area (Å²) in [6.07, 6.45) is 0. The van der Waals surface area contributed by atoms with Gasteiger partial charge in [0.1, 0.15) is 0 Å². The van der Waals surface area contributed by atoms with E-state index in [4.69, 9.17) is 0 Å². The van der Waals surface area contributed by atoms with Crippen LogP contribution in [-0.4, -0.2) is 53.4 Å². The summed E-state index contributed by atoms with van der Waals surface area (Å²) >= 11 is 1.58. The smallest absolute Gasteiger partial charge is 0.232 e. The quantitative estimate of drug-likeness (QED) is 0.757. The lowest BCUT2D eigenvalue weighted by atomic mass is 10.2. The van der Waals surface area contributed by atoms with Crippen molar-refractivity contribution in [3.63, 3.8) is 0 Å². The number of carbonyl (C=O) groups is 1. The van der Waals surface area contributed by atoms with Crippen molar-refractivity contribution in [2.24, 2.45) is 0 Å². The van der Waals surface area contributed by atoms with E-state index in [0.717, 1.165) is 18.7 Å². The Bertz CT molecular complexity index is 530. The molecule has 1 aromatic carbocycles. The largest absolute Gasteiger partial charge is 0.336 e. The van der Waals surface area contributed by atoms with Crippen LogP contribution in [0.5, 0.6) is 0 Å². The zero-order valence-corrected chi connectivity index (χ0v) is 15.3. The maximum atomic E-state index is 13.4. The van der Waals surface area contributed by atoms with Crippen molar-refractivity contribution in [3.05, 3.63) is 35.4 Å². The normalized spacial score (nSPS) is 11.8. The standard InChI is InChI=1S/C17H26F2N2OS/c1-17(2,3)23-12-16(22)21(9-8-20(4)5)11-13-6-7-14(18)15(19)10-13/h6-7,10H,8-9,11-12H2,1-5H3. The maximum absolute atomic E-state index is 13.4. The van der Waals surface area contributed by atoms with E-state index in [2.05, 4.69) is 20.8 Å². The van der Waals surface area contributed by atoms with Crippen molar-refractivity contribution in [1.29, 1.82) is 0 Å². The van der Waals surface area contributed by atoms with Gasteiger partial charge in [-0.1, -0.05) is 26.8 Å². The molecule has 130 valence electrons. The number of halogens is 2. The molecule has 0 spiro atoms. The Morgan fingerprint density at radius 1 is 1.13 bits per heavy atom. The highest BCUT2D eigenvalue weighted by Gasteiger charge is 2.19. The molecule has 0 heterocycles. The van der Waals surface area contributed by atoms with Gasteiger partial charge in [-0.3, -0.25) is 4.79 Å². The molecule has 0 N–H and O–H groups in total. The molecule has 0 saturated carbocycles. The van der Waals surface area contributed by atoms with Gasteiger partial charge < -0.3 is 9.80 Å². The first kappa shape index (κ1) is 19.9. The number of hydrogen-bond acceptors (Lipinski definition) is 3. The van der Waals surface area contributed by atoms with Crippen LogP contribution in [0.2, 0.25) is 0 Å². The molecule has 1 amide bonds. The van der Waals surface area contributed by atoms with Gasteiger partial charge in [0.05, 0.1) is 5.75 Å². The zero-order chi connectivity index (χ0) is 17.6. The molecule has 0 radical (unpaired) electrons. The third kappa shape index (κ3) is 7.79. The lowest BCUT2D eigenvalue weighted by molar-refractivity contribution is -0.129. The van der Waals surface area contributed by atoms with Gasteiger partial charge in [-0.2, -0.15) is 0 Å². The van der Waals surface area contributed by atoms with Crippen LogP contribution < -0.4 is 0 Å². The van der Waals surface area contributed by atoms with Gasteiger partial charge in [-0.25, -0.2) is 8.78 Å². The van der Waals surface area contributed by atoms with Crippen LogP contribution >= 0.6 is 11.8 Å². The van der Waals surface area contributed by atoms with E-state index in [1.807, 2.05) is 19.0 Å². The fourth-order valence-electron chi connectivity index (χ4n) is 1.84. The van der Waals surface area contributed by atoms with Gasteiger partial charge in [0.2, 0.25) is 5.91 Å². The predicted molar refractivity (Wildman–Crippen MR) is 92.5 cm³/mol. The van der Waals surface area contributed by atoms with Crippen molar-refractivity contribution in [2.45, 2.75) is 32.1 Å². The van der Waals surface area contributed by atoms with Crippen LogP contribution in [0.3, 0.4) is 0 Å². The summed E-state index contributed by atoms with van der Waals surface area (Å²) in [7, 11) is 3.87. The topological polar surface area (TPSA) is 23.6 Å². The fourth-order valence-corrected chi connectivity index (χ4v) is 2.58. The molecule has 0 saturated heterocycles. The van der Waals surface area contributed by atoms with Crippen LogP contribution in [0.4, 0.5) is 8.78 Å². The number of nitrogens with zero attached hydrogens (tertiary/aromatic N) is 2. The Hall–Kier alpha value is -1.14. The van der Waals surface area contributed by atoms with Crippen LogP contribution in [0.25, 0.3) is 0 Å². The van der Waals surface area contributed by atoms with Gasteiger partial charge in [0, 0.05) is 24.4 Å². The molecule has 0 aliphatic rings. The van der Waals surface area contributed by atoms with Crippen molar-refractivity contribution < 1.29 is 13.6 Å². The summed E-state index contributed by atoms with van der Waals surface area (Å²) in [5.41, 5.74) is 0.594. The molecular weight excluding hydrogens is 318 g/mol. The summed E-state index contributed by atoms with van der Waals surface area (Å²) in [6.45, 7) is 7.74. The predicted octanol–water partition coefficient (Wildman–Crippen LogP) is 3.39. The Balaban J connectivity index is 2.78. The minimum Gasteiger partial charge on any atom is -0.336 e. The summed E-state index contributed by atoms with van der Waals surface area (Å²) in [5.74, 6) is -1.37. The molecule has 0 bridgehead atoms. The highest BCUT2D eigenvalue weighted by atomic mass is 32.2. The molecular formula is C17H26F2N2OS. The van der Waals surface area contributed by atoms with Crippen LogP contribution in [-0.2, 0) is 11.3 Å². The van der Waals surface area contributed by atoms with E-state index in [1.165, 1.54) is 6.07 Å². The Morgan fingerprint density at radius 3 is 2.30 bits per heavy atom. The van der Waals surface area contributed by atoms with Crippen LogP contribution in [0.15, 0.2) is 18.2 Å². The van der Waals surface area contributed by atoms with Gasteiger partial charge in [-0.05, 0) is 31.8 Å². The summed E-state index contributed by atoms with van der Waals surface area (Å²) in [6, 6.07) is 3.77. The second-order valence-corrected chi connectivity index (χ2v) is 8.57. The van der Waals surface area contributed by atoms with Crippen molar-refractivity contribution in [3.8, 4) is 0 Å². The van der Waals surface area contributed by atoms with Gasteiger partial charge in [0.15, 0.2) is 11.6 Å². The second kappa shape index (κ2) is 8.64. The Morgan fingerprint density at radius 2 is 1.78 bits per heavy atom. The van der Waals surface area contributed by atoms with E-state index < -0.39 is 11.6 Å². The summed E-state index contributed by atoms with van der Waals surface area (Å²) < 4.78 is 26.4. The molecule has 0 atom stereocenters. The molecule has 6 heteroatoms. The molecule has 0 aromatic heterocycles. The van der Waals surface area contributed by atoms with Crippen LogP contribution in [0.1, 0.15) is 26.3 Å². The minimum absolute atomic E-state index is 0.00482. The lowest BCUT2D eigenvalue weighted by Gasteiger charge is -2.26. The number of amides is 1.